The number of hydrogen-bond donors (Lipinski definition) is 0. The monoisotopic (exact) mass is 321 g/mol. The number of methoxy groups -OCH3 is 1. The quantitative estimate of drug-likeness (QED) is 0.604. The standard InChI is InChI=1S/C19H20BNO3/c1-24-18-12-17(21(19(18)23)20-13-22)11-14-7-9-16(10-8-14)15-5-3-2-4-6-15/h2-10,13,17-18,20H,11-12H2,1H3/t17-,18+/m1/s1. The lowest BCUT2D eigenvalue weighted by atomic mass is 9.91. The van der Waals surface area contributed by atoms with Crippen LogP contribution in [0.15, 0.2) is 54.6 Å². The van der Waals surface area contributed by atoms with Crippen molar-refractivity contribution in [3.63, 3.8) is 0 Å². The smallest absolute Gasteiger partial charge is 0.313 e. The Morgan fingerprint density at radius 1 is 1.12 bits per heavy atom. The van der Waals surface area contributed by atoms with Gasteiger partial charge in [-0.25, -0.2) is 0 Å². The van der Waals surface area contributed by atoms with Crippen LogP contribution < -0.4 is 0 Å². The van der Waals surface area contributed by atoms with Crippen LogP contribution in [0, 0.1) is 0 Å². The number of nitrogens with zero attached hydrogens (tertiary/aromatic N) is 1. The molecule has 122 valence electrons. The summed E-state index contributed by atoms with van der Waals surface area (Å²) in [7, 11) is 1.67. The summed E-state index contributed by atoms with van der Waals surface area (Å²) in [6.45, 7) is 0. The zero-order valence-corrected chi connectivity index (χ0v) is 13.7. The summed E-state index contributed by atoms with van der Waals surface area (Å²) in [6, 6.07) is 18.6. The Hall–Kier alpha value is -2.40. The van der Waals surface area contributed by atoms with E-state index in [4.69, 9.17) is 4.74 Å². The summed E-state index contributed by atoms with van der Waals surface area (Å²) in [5.74, 6) is -0.0875. The van der Waals surface area contributed by atoms with Crippen molar-refractivity contribution in [2.24, 2.45) is 0 Å². The minimum atomic E-state index is -0.432. The van der Waals surface area contributed by atoms with E-state index in [1.165, 1.54) is 11.1 Å². The third-order valence-electron chi connectivity index (χ3n) is 4.57. The van der Waals surface area contributed by atoms with Crippen molar-refractivity contribution < 1.29 is 14.3 Å². The van der Waals surface area contributed by atoms with Crippen LogP contribution in [0.5, 0.6) is 0 Å². The maximum Gasteiger partial charge on any atom is 0.313 e. The van der Waals surface area contributed by atoms with E-state index >= 15 is 0 Å². The van der Waals surface area contributed by atoms with Crippen molar-refractivity contribution in [3.8, 4) is 11.1 Å². The first-order valence-electron chi connectivity index (χ1n) is 8.14. The van der Waals surface area contributed by atoms with Crippen LogP contribution >= 0.6 is 0 Å². The minimum Gasteiger partial charge on any atom is -0.377 e. The molecule has 2 atom stereocenters. The minimum absolute atomic E-state index is 0.00947. The average molecular weight is 321 g/mol. The Kier molecular flexibility index (Phi) is 5.11. The van der Waals surface area contributed by atoms with Gasteiger partial charge in [-0.2, -0.15) is 0 Å². The van der Waals surface area contributed by atoms with E-state index in [2.05, 4.69) is 36.4 Å². The molecule has 24 heavy (non-hydrogen) atoms. The summed E-state index contributed by atoms with van der Waals surface area (Å²) in [5.41, 5.74) is 3.50. The molecule has 1 amide bonds. The first-order chi connectivity index (χ1) is 11.7. The molecule has 1 aliphatic heterocycles. The first kappa shape index (κ1) is 16.5. The van der Waals surface area contributed by atoms with Gasteiger partial charge in [0.2, 0.25) is 5.91 Å². The fourth-order valence-corrected chi connectivity index (χ4v) is 3.29. The molecule has 0 aliphatic carbocycles. The Morgan fingerprint density at radius 3 is 2.42 bits per heavy atom. The molecular weight excluding hydrogens is 301 g/mol. The van der Waals surface area contributed by atoms with Gasteiger partial charge in [0.15, 0.2) is 0 Å². The number of carbonyl (C=O) groups is 2. The van der Waals surface area contributed by atoms with Gasteiger partial charge in [-0.05, 0) is 23.1 Å². The number of ether oxygens (including phenoxy) is 1. The molecule has 2 aromatic rings. The molecule has 5 heteroatoms. The van der Waals surface area contributed by atoms with E-state index in [1.807, 2.05) is 18.2 Å². The van der Waals surface area contributed by atoms with Crippen molar-refractivity contribution in [3.05, 3.63) is 60.2 Å². The molecule has 0 radical (unpaired) electrons. The maximum absolute atomic E-state index is 12.2. The SMILES string of the molecule is CO[C@H]1C[C@@H](Cc2ccc(-c3ccccc3)cc2)N(BC=O)C1=O. The van der Waals surface area contributed by atoms with E-state index in [-0.39, 0.29) is 19.4 Å². The van der Waals surface area contributed by atoms with Gasteiger partial charge in [0.25, 0.3) is 0 Å². The second-order valence-electron chi connectivity index (χ2n) is 6.04. The second kappa shape index (κ2) is 7.45. The molecule has 3 rings (SSSR count). The Morgan fingerprint density at radius 2 is 1.79 bits per heavy atom. The highest BCUT2D eigenvalue weighted by Gasteiger charge is 2.39. The predicted molar refractivity (Wildman–Crippen MR) is 95.5 cm³/mol. The zero-order valence-electron chi connectivity index (χ0n) is 13.7. The van der Waals surface area contributed by atoms with Crippen molar-refractivity contribution >= 4 is 19.5 Å². The highest BCUT2D eigenvalue weighted by molar-refractivity contribution is 6.66. The predicted octanol–water partition coefficient (Wildman–Crippen LogP) is 2.05. The van der Waals surface area contributed by atoms with Gasteiger partial charge in [0, 0.05) is 19.6 Å². The van der Waals surface area contributed by atoms with Crippen LogP contribution in [-0.4, -0.2) is 43.6 Å². The molecule has 0 bridgehead atoms. The summed E-state index contributed by atoms with van der Waals surface area (Å²) < 4.78 is 5.24. The van der Waals surface area contributed by atoms with E-state index in [0.29, 0.717) is 6.42 Å². The van der Waals surface area contributed by atoms with Crippen molar-refractivity contribution in [1.82, 2.24) is 4.81 Å². The molecule has 0 aromatic heterocycles. The number of amides is 1. The molecule has 1 heterocycles. The molecule has 0 spiro atoms. The fourth-order valence-electron chi connectivity index (χ4n) is 3.29. The lowest BCUT2D eigenvalue weighted by Crippen LogP contribution is -2.39. The molecule has 1 saturated heterocycles. The molecule has 0 saturated carbocycles. The van der Waals surface area contributed by atoms with Gasteiger partial charge in [0.05, 0.1) is 0 Å². The number of rotatable bonds is 6. The van der Waals surface area contributed by atoms with Crippen molar-refractivity contribution in [2.45, 2.75) is 25.0 Å². The fraction of sp³-hybridized carbons (Fsp3) is 0.263. The van der Waals surface area contributed by atoms with Crippen LogP contribution in [0.2, 0.25) is 0 Å². The van der Waals surface area contributed by atoms with E-state index < -0.39 is 6.10 Å². The molecule has 2 aromatic carbocycles. The number of carbonyl (C=O) groups excluding carboxylic acids is 2. The lowest BCUT2D eigenvalue weighted by molar-refractivity contribution is -0.132. The Bertz CT molecular complexity index is 702. The van der Waals surface area contributed by atoms with Gasteiger partial charge in [0.1, 0.15) is 12.3 Å². The summed E-state index contributed by atoms with van der Waals surface area (Å²) in [5, 5.41) is 0. The molecule has 4 nitrogen and oxygen atoms in total. The Labute approximate surface area is 142 Å². The topological polar surface area (TPSA) is 46.6 Å². The third kappa shape index (κ3) is 3.41. The van der Waals surface area contributed by atoms with E-state index in [0.717, 1.165) is 18.2 Å². The van der Waals surface area contributed by atoms with Gasteiger partial charge in [-0.1, -0.05) is 54.6 Å². The van der Waals surface area contributed by atoms with Crippen LogP contribution in [0.25, 0.3) is 11.1 Å². The summed E-state index contributed by atoms with van der Waals surface area (Å²) >= 11 is 0. The van der Waals surface area contributed by atoms with Gasteiger partial charge < -0.3 is 14.3 Å². The number of hydrogen-bond acceptors (Lipinski definition) is 3. The average Bonchev–Trinajstić information content (AvgIpc) is 2.92. The highest BCUT2D eigenvalue weighted by atomic mass is 16.5. The van der Waals surface area contributed by atoms with Gasteiger partial charge >= 0.3 is 7.41 Å². The van der Waals surface area contributed by atoms with E-state index in [1.54, 1.807) is 11.9 Å². The summed E-state index contributed by atoms with van der Waals surface area (Å²) in [6.07, 6.45) is 1.71. The van der Waals surface area contributed by atoms with Crippen molar-refractivity contribution in [2.75, 3.05) is 7.11 Å². The molecule has 0 unspecified atom stereocenters. The van der Waals surface area contributed by atoms with Crippen LogP contribution in [-0.2, 0) is 20.7 Å². The van der Waals surface area contributed by atoms with Gasteiger partial charge in [-0.3, -0.25) is 4.79 Å². The molecule has 1 fully saturated rings. The van der Waals surface area contributed by atoms with Crippen LogP contribution in [0.4, 0.5) is 0 Å². The van der Waals surface area contributed by atoms with Crippen molar-refractivity contribution in [1.29, 1.82) is 0 Å². The normalized spacial score (nSPS) is 20.2. The van der Waals surface area contributed by atoms with Crippen LogP contribution in [0.1, 0.15) is 12.0 Å². The van der Waals surface area contributed by atoms with Gasteiger partial charge in [-0.15, -0.1) is 0 Å². The molecule has 0 N–H and O–H groups in total. The lowest BCUT2D eigenvalue weighted by Gasteiger charge is -2.22. The second-order valence-corrected chi connectivity index (χ2v) is 6.04. The van der Waals surface area contributed by atoms with Crippen LogP contribution in [0.3, 0.4) is 0 Å². The largest absolute Gasteiger partial charge is 0.377 e. The summed E-state index contributed by atoms with van der Waals surface area (Å²) in [4.78, 5) is 24.7. The highest BCUT2D eigenvalue weighted by Crippen LogP contribution is 2.25. The number of benzene rings is 2. The third-order valence-corrected chi connectivity index (χ3v) is 4.57. The first-order valence-corrected chi connectivity index (χ1v) is 8.14. The van der Waals surface area contributed by atoms with E-state index in [9.17, 15) is 9.59 Å². The molecule has 1 aliphatic rings. The Balaban J connectivity index is 1.73. The maximum atomic E-state index is 12.2. The molecular formula is C19H20BNO3. The zero-order chi connectivity index (χ0) is 16.9.